The van der Waals surface area contributed by atoms with Gasteiger partial charge in [0.15, 0.2) is 0 Å². The van der Waals surface area contributed by atoms with Crippen molar-refractivity contribution in [3.63, 3.8) is 0 Å². The predicted octanol–water partition coefficient (Wildman–Crippen LogP) is 2.32. The van der Waals surface area contributed by atoms with Gasteiger partial charge >= 0.3 is 12.1 Å². The Bertz CT molecular complexity index is 868. The van der Waals surface area contributed by atoms with Gasteiger partial charge in [-0.1, -0.05) is 36.9 Å². The van der Waals surface area contributed by atoms with Crippen molar-refractivity contribution < 1.29 is 27.9 Å². The van der Waals surface area contributed by atoms with Gasteiger partial charge in [0.2, 0.25) is 5.91 Å². The maximum Gasteiger partial charge on any atom is 0.490 e. The molecule has 0 radical (unpaired) electrons. The molecule has 1 fully saturated rings. The quantitative estimate of drug-likeness (QED) is 0.720. The first-order valence-corrected chi connectivity index (χ1v) is 9.07. The molecule has 1 aromatic heterocycles. The molecule has 0 unspecified atom stereocenters. The third-order valence-electron chi connectivity index (χ3n) is 4.63. The first-order valence-electron chi connectivity index (χ1n) is 9.07. The highest BCUT2D eigenvalue weighted by Crippen LogP contribution is 2.28. The molecule has 1 aromatic carbocycles. The standard InChI is InChI=1S/C18H22N4O.C2HF3O2/c1-3-18(23)20-16-12-22(10-14-7-5-4-6-8-14)11-15(16)17-9-19-13-21(17)2;3-2(4,5)1(6)7/h3-9,13,15-16H,1,10-12H2,2H3,(H,20,23);(H,6,7)/t15-,16-;/m1./s1. The van der Waals surface area contributed by atoms with E-state index in [9.17, 15) is 18.0 Å². The number of nitrogens with one attached hydrogen (secondary N) is 1. The van der Waals surface area contributed by atoms with Crippen LogP contribution in [0, 0.1) is 0 Å². The second-order valence-electron chi connectivity index (χ2n) is 6.84. The lowest BCUT2D eigenvalue weighted by Gasteiger charge is -2.19. The van der Waals surface area contributed by atoms with Crippen LogP contribution >= 0.6 is 0 Å². The minimum absolute atomic E-state index is 0.0691. The highest BCUT2D eigenvalue weighted by molar-refractivity contribution is 5.87. The number of benzene rings is 1. The van der Waals surface area contributed by atoms with Gasteiger partial charge in [0.05, 0.1) is 12.4 Å². The smallest absolute Gasteiger partial charge is 0.475 e. The Morgan fingerprint density at radius 3 is 2.43 bits per heavy atom. The number of carboxylic acids is 1. The molecule has 10 heteroatoms. The number of rotatable bonds is 5. The number of carbonyl (C=O) groups excluding carboxylic acids is 1. The lowest BCUT2D eigenvalue weighted by molar-refractivity contribution is -0.192. The Morgan fingerprint density at radius 2 is 1.93 bits per heavy atom. The van der Waals surface area contributed by atoms with Crippen molar-refractivity contribution in [2.24, 2.45) is 7.05 Å². The van der Waals surface area contributed by atoms with Gasteiger partial charge < -0.3 is 15.0 Å². The number of likely N-dealkylation sites (tertiary alicyclic amines) is 1. The first-order chi connectivity index (χ1) is 14.1. The van der Waals surface area contributed by atoms with E-state index in [1.807, 2.05) is 30.2 Å². The summed E-state index contributed by atoms with van der Waals surface area (Å²) in [5.41, 5.74) is 2.43. The molecular formula is C20H23F3N4O3. The number of carboxylic acid groups (broad SMARTS) is 1. The van der Waals surface area contributed by atoms with Crippen molar-refractivity contribution in [3.8, 4) is 0 Å². The molecule has 3 rings (SSSR count). The van der Waals surface area contributed by atoms with Gasteiger partial charge in [-0.3, -0.25) is 9.69 Å². The molecule has 1 aliphatic heterocycles. The highest BCUT2D eigenvalue weighted by Gasteiger charge is 2.38. The molecule has 2 atom stereocenters. The van der Waals surface area contributed by atoms with E-state index >= 15 is 0 Å². The number of aromatic nitrogens is 2. The highest BCUT2D eigenvalue weighted by atomic mass is 19.4. The van der Waals surface area contributed by atoms with Crippen LogP contribution in [-0.4, -0.2) is 56.7 Å². The van der Waals surface area contributed by atoms with Gasteiger partial charge in [0.25, 0.3) is 0 Å². The van der Waals surface area contributed by atoms with Crippen LogP contribution < -0.4 is 5.32 Å². The van der Waals surface area contributed by atoms with E-state index < -0.39 is 12.1 Å². The summed E-state index contributed by atoms with van der Waals surface area (Å²) in [7, 11) is 1.99. The molecule has 0 aliphatic carbocycles. The van der Waals surface area contributed by atoms with Crippen molar-refractivity contribution in [3.05, 3.63) is 66.8 Å². The Balaban J connectivity index is 0.000000396. The van der Waals surface area contributed by atoms with Crippen LogP contribution in [0.25, 0.3) is 0 Å². The number of aliphatic carboxylic acids is 1. The van der Waals surface area contributed by atoms with E-state index in [4.69, 9.17) is 9.90 Å². The average molecular weight is 424 g/mol. The van der Waals surface area contributed by atoms with Gasteiger partial charge in [0, 0.05) is 44.5 Å². The van der Waals surface area contributed by atoms with Crippen LogP contribution in [0.1, 0.15) is 17.2 Å². The summed E-state index contributed by atoms with van der Waals surface area (Å²) in [6.07, 6.45) is -0.0501. The number of imidazole rings is 1. The van der Waals surface area contributed by atoms with Gasteiger partial charge in [-0.05, 0) is 11.6 Å². The molecule has 162 valence electrons. The van der Waals surface area contributed by atoms with Crippen molar-refractivity contribution in [2.75, 3.05) is 13.1 Å². The average Bonchev–Trinajstić information content (AvgIpc) is 3.27. The fraction of sp³-hybridized carbons (Fsp3) is 0.350. The zero-order valence-corrected chi connectivity index (χ0v) is 16.3. The predicted molar refractivity (Wildman–Crippen MR) is 103 cm³/mol. The third-order valence-corrected chi connectivity index (χ3v) is 4.63. The molecule has 2 heterocycles. The molecule has 1 saturated heterocycles. The molecular weight excluding hydrogens is 401 g/mol. The number of hydrogen-bond acceptors (Lipinski definition) is 4. The maximum absolute atomic E-state index is 11.8. The van der Waals surface area contributed by atoms with E-state index in [1.165, 1.54) is 11.6 Å². The van der Waals surface area contributed by atoms with Crippen molar-refractivity contribution in [1.82, 2.24) is 19.8 Å². The van der Waals surface area contributed by atoms with E-state index in [0.29, 0.717) is 0 Å². The molecule has 0 saturated carbocycles. The van der Waals surface area contributed by atoms with Crippen LogP contribution in [0.5, 0.6) is 0 Å². The van der Waals surface area contributed by atoms with Crippen LogP contribution in [0.4, 0.5) is 13.2 Å². The van der Waals surface area contributed by atoms with Crippen molar-refractivity contribution in [1.29, 1.82) is 0 Å². The largest absolute Gasteiger partial charge is 0.490 e. The molecule has 30 heavy (non-hydrogen) atoms. The lowest BCUT2D eigenvalue weighted by Crippen LogP contribution is -2.39. The Labute approximate surface area is 171 Å². The van der Waals surface area contributed by atoms with E-state index in [1.54, 1.807) is 0 Å². The van der Waals surface area contributed by atoms with Gasteiger partial charge in [-0.15, -0.1) is 0 Å². The van der Waals surface area contributed by atoms with E-state index in [0.717, 1.165) is 25.3 Å². The second kappa shape index (κ2) is 10.1. The lowest BCUT2D eigenvalue weighted by atomic mass is 10.00. The fourth-order valence-corrected chi connectivity index (χ4v) is 3.27. The van der Waals surface area contributed by atoms with Crippen LogP contribution in [0.3, 0.4) is 0 Å². The summed E-state index contributed by atoms with van der Waals surface area (Å²) in [6.45, 7) is 6.16. The second-order valence-corrected chi connectivity index (χ2v) is 6.84. The van der Waals surface area contributed by atoms with E-state index in [-0.39, 0.29) is 17.9 Å². The summed E-state index contributed by atoms with van der Waals surface area (Å²) in [6, 6.07) is 10.5. The summed E-state index contributed by atoms with van der Waals surface area (Å²) in [5, 5.41) is 10.2. The van der Waals surface area contributed by atoms with Crippen molar-refractivity contribution in [2.45, 2.75) is 24.7 Å². The third kappa shape index (κ3) is 6.45. The summed E-state index contributed by atoms with van der Waals surface area (Å²) < 4.78 is 33.8. The fourth-order valence-electron chi connectivity index (χ4n) is 3.27. The maximum atomic E-state index is 11.8. The first kappa shape index (κ1) is 23.1. The number of amides is 1. The normalized spacial score (nSPS) is 18.9. The molecule has 0 spiro atoms. The summed E-state index contributed by atoms with van der Waals surface area (Å²) >= 11 is 0. The molecule has 2 aromatic rings. The van der Waals surface area contributed by atoms with Crippen LogP contribution in [0.15, 0.2) is 55.5 Å². The molecule has 7 nitrogen and oxygen atoms in total. The summed E-state index contributed by atoms with van der Waals surface area (Å²) in [5.74, 6) is -2.65. The number of alkyl halides is 3. The number of nitrogens with zero attached hydrogens (tertiary/aromatic N) is 3. The molecule has 1 aliphatic rings. The SMILES string of the molecule is C=CC(=O)N[C@@H]1CN(Cc2ccccc2)C[C@H]1c1cncn1C.O=C(O)C(F)(F)F. The molecule has 1 amide bonds. The van der Waals surface area contributed by atoms with E-state index in [2.05, 4.69) is 46.0 Å². The number of halogens is 3. The van der Waals surface area contributed by atoms with Gasteiger partial charge in [0.1, 0.15) is 0 Å². The number of hydrogen-bond donors (Lipinski definition) is 2. The zero-order chi connectivity index (χ0) is 22.3. The zero-order valence-electron chi connectivity index (χ0n) is 16.3. The molecule has 2 N–H and O–H groups in total. The summed E-state index contributed by atoms with van der Waals surface area (Å²) in [4.78, 5) is 27.3. The van der Waals surface area contributed by atoms with Crippen molar-refractivity contribution >= 4 is 11.9 Å². The van der Waals surface area contributed by atoms with Gasteiger partial charge in [-0.2, -0.15) is 13.2 Å². The minimum Gasteiger partial charge on any atom is -0.475 e. The van der Waals surface area contributed by atoms with Crippen LogP contribution in [0.2, 0.25) is 0 Å². The molecule has 0 bridgehead atoms. The minimum atomic E-state index is -5.08. The Kier molecular flexibility index (Phi) is 7.76. The Hall–Kier alpha value is -3.14. The number of carbonyl (C=O) groups is 2. The monoisotopic (exact) mass is 424 g/mol. The van der Waals surface area contributed by atoms with Crippen LogP contribution in [-0.2, 0) is 23.2 Å². The topological polar surface area (TPSA) is 87.5 Å². The number of aryl methyl sites for hydroxylation is 1. The Morgan fingerprint density at radius 1 is 1.30 bits per heavy atom. The van der Waals surface area contributed by atoms with Gasteiger partial charge in [-0.25, -0.2) is 9.78 Å².